The number of unbranched alkanes of at least 4 members (excludes halogenated alkanes) is 1. The summed E-state index contributed by atoms with van der Waals surface area (Å²) in [6, 6.07) is 11.8. The van der Waals surface area contributed by atoms with Crippen molar-refractivity contribution in [1.29, 1.82) is 0 Å². The predicted octanol–water partition coefficient (Wildman–Crippen LogP) is 4.43. The Morgan fingerprint density at radius 3 is 2.43 bits per heavy atom. The smallest absolute Gasteiger partial charge is 0.261 e. The van der Waals surface area contributed by atoms with E-state index in [1.165, 1.54) is 22.6 Å². The number of benzene rings is 1. The number of thioether (sulfide) groups is 1. The van der Waals surface area contributed by atoms with Gasteiger partial charge in [0.25, 0.3) is 11.8 Å². The molecule has 6 nitrogen and oxygen atoms in total. The molecule has 30 heavy (non-hydrogen) atoms. The number of thiophene rings is 1. The first-order valence-electron chi connectivity index (χ1n) is 10.3. The van der Waals surface area contributed by atoms with Gasteiger partial charge in [-0.15, -0.1) is 21.5 Å². The third-order valence-corrected chi connectivity index (χ3v) is 7.35. The Hall–Kier alpha value is -2.45. The molecular formula is C22H22N4O2S2. The molecular weight excluding hydrogens is 416 g/mol. The van der Waals surface area contributed by atoms with Crippen LogP contribution in [-0.4, -0.2) is 43.8 Å². The van der Waals surface area contributed by atoms with Crippen molar-refractivity contribution in [3.63, 3.8) is 0 Å². The predicted molar refractivity (Wildman–Crippen MR) is 117 cm³/mol. The zero-order valence-electron chi connectivity index (χ0n) is 16.5. The second-order valence-corrected chi connectivity index (χ2v) is 9.71. The molecule has 1 aromatic carbocycles. The van der Waals surface area contributed by atoms with E-state index in [2.05, 4.69) is 32.3 Å². The minimum Gasteiger partial charge on any atom is -0.303 e. The fraction of sp³-hybridized carbons (Fsp3) is 0.364. The van der Waals surface area contributed by atoms with E-state index in [1.807, 2.05) is 0 Å². The van der Waals surface area contributed by atoms with E-state index in [0.29, 0.717) is 23.7 Å². The van der Waals surface area contributed by atoms with Gasteiger partial charge in [0.15, 0.2) is 5.16 Å². The van der Waals surface area contributed by atoms with E-state index in [1.54, 1.807) is 47.4 Å². The van der Waals surface area contributed by atoms with Gasteiger partial charge in [-0.05, 0) is 49.3 Å². The van der Waals surface area contributed by atoms with Crippen LogP contribution in [0.2, 0.25) is 0 Å². The Morgan fingerprint density at radius 1 is 1.00 bits per heavy atom. The number of aromatic nitrogens is 3. The summed E-state index contributed by atoms with van der Waals surface area (Å²) in [5.41, 5.74) is 1.04. The summed E-state index contributed by atoms with van der Waals surface area (Å²) in [5.74, 6) is 1.60. The van der Waals surface area contributed by atoms with Crippen molar-refractivity contribution >= 4 is 34.9 Å². The summed E-state index contributed by atoms with van der Waals surface area (Å²) in [7, 11) is 0. The molecule has 1 fully saturated rings. The van der Waals surface area contributed by atoms with Gasteiger partial charge < -0.3 is 4.57 Å². The van der Waals surface area contributed by atoms with Crippen LogP contribution in [0.1, 0.15) is 63.1 Å². The average molecular weight is 439 g/mol. The molecule has 0 saturated heterocycles. The quantitative estimate of drug-likeness (QED) is 0.281. The van der Waals surface area contributed by atoms with Gasteiger partial charge >= 0.3 is 0 Å². The molecule has 2 amide bonds. The number of rotatable bonds is 9. The molecule has 1 aliphatic heterocycles. The van der Waals surface area contributed by atoms with Crippen LogP contribution in [0.3, 0.4) is 0 Å². The van der Waals surface area contributed by atoms with Gasteiger partial charge in [-0.2, -0.15) is 0 Å². The topological polar surface area (TPSA) is 68.1 Å². The molecule has 0 radical (unpaired) electrons. The van der Waals surface area contributed by atoms with Gasteiger partial charge in [-0.25, -0.2) is 0 Å². The molecule has 0 atom stereocenters. The maximum atomic E-state index is 12.4. The number of hydrogen-bond donors (Lipinski definition) is 0. The second-order valence-electron chi connectivity index (χ2n) is 7.62. The van der Waals surface area contributed by atoms with Crippen molar-refractivity contribution in [3.05, 3.63) is 63.6 Å². The van der Waals surface area contributed by atoms with E-state index in [9.17, 15) is 9.59 Å². The van der Waals surface area contributed by atoms with Crippen LogP contribution in [0.4, 0.5) is 0 Å². The fourth-order valence-electron chi connectivity index (χ4n) is 3.77. The minimum absolute atomic E-state index is 0.171. The zero-order valence-corrected chi connectivity index (χ0v) is 18.1. The normalized spacial score (nSPS) is 15.8. The fourth-order valence-corrected chi connectivity index (χ4v) is 5.50. The molecule has 1 aliphatic carbocycles. The van der Waals surface area contributed by atoms with Gasteiger partial charge in [0.1, 0.15) is 5.82 Å². The highest BCUT2D eigenvalue weighted by atomic mass is 32.2. The Kier molecular flexibility index (Phi) is 5.43. The Labute approximate surface area is 183 Å². The van der Waals surface area contributed by atoms with E-state index in [-0.39, 0.29) is 11.8 Å². The maximum absolute atomic E-state index is 12.4. The van der Waals surface area contributed by atoms with E-state index >= 15 is 0 Å². The van der Waals surface area contributed by atoms with Gasteiger partial charge in [-0.1, -0.05) is 30.0 Å². The van der Waals surface area contributed by atoms with Crippen molar-refractivity contribution in [3.8, 4) is 0 Å². The molecule has 0 N–H and O–H groups in total. The maximum Gasteiger partial charge on any atom is 0.261 e. The molecule has 5 rings (SSSR count). The van der Waals surface area contributed by atoms with Crippen LogP contribution in [0.15, 0.2) is 46.9 Å². The number of imide groups is 1. The van der Waals surface area contributed by atoms with Crippen molar-refractivity contribution in [2.24, 2.45) is 0 Å². The summed E-state index contributed by atoms with van der Waals surface area (Å²) in [6.07, 6.45) is 4.93. The monoisotopic (exact) mass is 438 g/mol. The summed E-state index contributed by atoms with van der Waals surface area (Å²) in [6.45, 7) is 0.464. The first-order valence-corrected chi connectivity index (χ1v) is 12.1. The van der Waals surface area contributed by atoms with Gasteiger partial charge in [-0.3, -0.25) is 14.5 Å². The lowest BCUT2D eigenvalue weighted by molar-refractivity contribution is 0.0652. The summed E-state index contributed by atoms with van der Waals surface area (Å²) >= 11 is 3.48. The molecule has 2 aromatic heterocycles. The van der Waals surface area contributed by atoms with Crippen LogP contribution in [0, 0.1) is 0 Å². The highest BCUT2D eigenvalue weighted by Crippen LogP contribution is 2.39. The number of carbonyl (C=O) groups excluding carboxylic acids is 2. The molecule has 3 heterocycles. The van der Waals surface area contributed by atoms with Crippen LogP contribution in [0.25, 0.3) is 0 Å². The highest BCUT2D eigenvalue weighted by molar-refractivity contribution is 7.99. The second kappa shape index (κ2) is 8.35. The summed E-state index contributed by atoms with van der Waals surface area (Å²) in [4.78, 5) is 27.5. The van der Waals surface area contributed by atoms with Crippen molar-refractivity contribution in [2.75, 3.05) is 12.3 Å². The zero-order chi connectivity index (χ0) is 20.5. The van der Waals surface area contributed by atoms with Crippen molar-refractivity contribution in [1.82, 2.24) is 19.7 Å². The number of amides is 2. The highest BCUT2D eigenvalue weighted by Gasteiger charge is 2.34. The van der Waals surface area contributed by atoms with E-state index < -0.39 is 0 Å². The Bertz CT molecular complexity index is 1040. The first-order chi connectivity index (χ1) is 14.7. The largest absolute Gasteiger partial charge is 0.303 e. The molecule has 0 bridgehead atoms. The standard InChI is InChI=1S/C22H22N4O2S2/c27-20-17-7-1-2-8-18(17)21(28)25(20)11-3-4-12-30-22-24-23-19(26(22)15-9-10-15)14-16-6-5-13-29-16/h1-2,5-8,13,15H,3-4,9-12,14H2. The Morgan fingerprint density at radius 2 is 1.77 bits per heavy atom. The molecule has 1 saturated carbocycles. The minimum atomic E-state index is -0.171. The lowest BCUT2D eigenvalue weighted by Gasteiger charge is -2.13. The number of nitrogens with zero attached hydrogens (tertiary/aromatic N) is 4. The molecule has 3 aromatic rings. The number of hydrogen-bond acceptors (Lipinski definition) is 6. The molecule has 2 aliphatic rings. The van der Waals surface area contributed by atoms with E-state index in [4.69, 9.17) is 0 Å². The van der Waals surface area contributed by atoms with Crippen LogP contribution < -0.4 is 0 Å². The third-order valence-electron chi connectivity index (χ3n) is 5.45. The van der Waals surface area contributed by atoms with E-state index in [0.717, 1.165) is 36.0 Å². The van der Waals surface area contributed by atoms with Gasteiger partial charge in [0.2, 0.25) is 0 Å². The molecule has 8 heteroatoms. The Balaban J connectivity index is 1.14. The lowest BCUT2D eigenvalue weighted by atomic mass is 10.1. The molecule has 154 valence electrons. The van der Waals surface area contributed by atoms with Crippen LogP contribution in [-0.2, 0) is 6.42 Å². The van der Waals surface area contributed by atoms with Crippen LogP contribution in [0.5, 0.6) is 0 Å². The first kappa shape index (κ1) is 19.5. The number of fused-ring (bicyclic) bond motifs is 1. The third kappa shape index (κ3) is 3.81. The summed E-state index contributed by atoms with van der Waals surface area (Å²) < 4.78 is 2.31. The molecule has 0 unspecified atom stereocenters. The van der Waals surface area contributed by atoms with Gasteiger partial charge in [0.05, 0.1) is 11.1 Å². The lowest BCUT2D eigenvalue weighted by Crippen LogP contribution is -2.30. The van der Waals surface area contributed by atoms with Crippen molar-refractivity contribution in [2.45, 2.75) is 43.3 Å². The van der Waals surface area contributed by atoms with Crippen LogP contribution >= 0.6 is 23.1 Å². The van der Waals surface area contributed by atoms with Crippen molar-refractivity contribution < 1.29 is 9.59 Å². The number of carbonyl (C=O) groups is 2. The SMILES string of the molecule is O=C1c2ccccc2C(=O)N1CCCCSc1nnc(Cc2cccs2)n1C1CC1. The average Bonchev–Trinajstić information content (AvgIpc) is 3.22. The van der Waals surface area contributed by atoms with Gasteiger partial charge in [0, 0.05) is 29.6 Å². The molecule has 0 spiro atoms. The summed E-state index contributed by atoms with van der Waals surface area (Å²) in [5, 5.41) is 12.0.